The maximum absolute atomic E-state index is 11.5. The van der Waals surface area contributed by atoms with E-state index in [0.29, 0.717) is 13.2 Å². The van der Waals surface area contributed by atoms with Crippen molar-refractivity contribution in [2.45, 2.75) is 26.8 Å². The van der Waals surface area contributed by atoms with Crippen LogP contribution in [0.5, 0.6) is 0 Å². The summed E-state index contributed by atoms with van der Waals surface area (Å²) < 4.78 is 7.01. The lowest BCUT2D eigenvalue weighted by Gasteiger charge is -2.06. The van der Waals surface area contributed by atoms with Crippen molar-refractivity contribution < 1.29 is 4.74 Å². The highest BCUT2D eigenvalue weighted by molar-refractivity contribution is 5.07. The molecular formula is C11H17NO2. The third kappa shape index (κ3) is 3.00. The molecule has 14 heavy (non-hydrogen) atoms. The SMILES string of the molecule is CCCOCCn1cccc(C)c1=O. The lowest BCUT2D eigenvalue weighted by molar-refractivity contribution is 0.126. The van der Waals surface area contributed by atoms with Crippen LogP contribution in [0.25, 0.3) is 0 Å². The van der Waals surface area contributed by atoms with Crippen molar-refractivity contribution in [3.05, 3.63) is 34.2 Å². The Bertz CT molecular complexity index is 330. The van der Waals surface area contributed by atoms with Gasteiger partial charge in [0.05, 0.1) is 6.61 Å². The van der Waals surface area contributed by atoms with Crippen LogP contribution in [0.1, 0.15) is 18.9 Å². The summed E-state index contributed by atoms with van der Waals surface area (Å²) in [6, 6.07) is 3.71. The first-order valence-corrected chi connectivity index (χ1v) is 4.99. The molecule has 3 heteroatoms. The molecule has 1 heterocycles. The van der Waals surface area contributed by atoms with Crippen LogP contribution in [0.2, 0.25) is 0 Å². The predicted molar refractivity (Wildman–Crippen MR) is 56.5 cm³/mol. The second kappa shape index (κ2) is 5.60. The third-order valence-electron chi connectivity index (χ3n) is 2.04. The molecule has 0 saturated carbocycles. The van der Waals surface area contributed by atoms with Crippen molar-refractivity contribution in [3.63, 3.8) is 0 Å². The molecule has 0 spiro atoms. The number of pyridine rings is 1. The minimum atomic E-state index is 0.0765. The van der Waals surface area contributed by atoms with Crippen LogP contribution in [0.4, 0.5) is 0 Å². The van der Waals surface area contributed by atoms with E-state index in [1.165, 1.54) is 0 Å². The molecule has 0 unspecified atom stereocenters. The zero-order valence-electron chi connectivity index (χ0n) is 8.82. The van der Waals surface area contributed by atoms with Gasteiger partial charge in [-0.15, -0.1) is 0 Å². The Hall–Kier alpha value is -1.09. The average molecular weight is 195 g/mol. The zero-order chi connectivity index (χ0) is 10.4. The summed E-state index contributed by atoms with van der Waals surface area (Å²) in [6.07, 6.45) is 2.81. The van der Waals surface area contributed by atoms with E-state index >= 15 is 0 Å². The van der Waals surface area contributed by atoms with Gasteiger partial charge in [-0.05, 0) is 19.4 Å². The van der Waals surface area contributed by atoms with E-state index in [1.54, 1.807) is 10.8 Å². The summed E-state index contributed by atoms with van der Waals surface area (Å²) in [7, 11) is 0. The first kappa shape index (κ1) is 11.0. The van der Waals surface area contributed by atoms with Gasteiger partial charge in [-0.2, -0.15) is 0 Å². The van der Waals surface area contributed by atoms with Gasteiger partial charge < -0.3 is 9.30 Å². The normalized spacial score (nSPS) is 10.4. The van der Waals surface area contributed by atoms with Crippen molar-refractivity contribution in [1.82, 2.24) is 4.57 Å². The van der Waals surface area contributed by atoms with Crippen molar-refractivity contribution in [2.75, 3.05) is 13.2 Å². The van der Waals surface area contributed by atoms with Gasteiger partial charge in [0.1, 0.15) is 0 Å². The Morgan fingerprint density at radius 1 is 1.43 bits per heavy atom. The first-order valence-electron chi connectivity index (χ1n) is 4.99. The maximum Gasteiger partial charge on any atom is 0.253 e. The van der Waals surface area contributed by atoms with Crippen LogP contribution in [-0.2, 0) is 11.3 Å². The lowest BCUT2D eigenvalue weighted by atomic mass is 10.3. The number of ether oxygens (including phenoxy) is 1. The fourth-order valence-electron chi connectivity index (χ4n) is 1.24. The minimum Gasteiger partial charge on any atom is -0.380 e. The van der Waals surface area contributed by atoms with Crippen LogP contribution in [0.15, 0.2) is 23.1 Å². The Kier molecular flexibility index (Phi) is 4.40. The molecule has 0 bridgehead atoms. The molecule has 0 aliphatic rings. The van der Waals surface area contributed by atoms with Gasteiger partial charge in [0.25, 0.3) is 5.56 Å². The topological polar surface area (TPSA) is 31.2 Å². The lowest BCUT2D eigenvalue weighted by Crippen LogP contribution is -2.23. The number of nitrogens with zero attached hydrogens (tertiary/aromatic N) is 1. The van der Waals surface area contributed by atoms with Gasteiger partial charge in [0.2, 0.25) is 0 Å². The minimum absolute atomic E-state index is 0.0765. The highest BCUT2D eigenvalue weighted by atomic mass is 16.5. The Morgan fingerprint density at radius 3 is 2.93 bits per heavy atom. The summed E-state index contributed by atoms with van der Waals surface area (Å²) >= 11 is 0. The summed E-state index contributed by atoms with van der Waals surface area (Å²) in [5.41, 5.74) is 0.857. The molecule has 78 valence electrons. The smallest absolute Gasteiger partial charge is 0.253 e. The van der Waals surface area contributed by atoms with Crippen LogP contribution in [-0.4, -0.2) is 17.8 Å². The van der Waals surface area contributed by atoms with E-state index in [4.69, 9.17) is 4.74 Å². The van der Waals surface area contributed by atoms with E-state index in [9.17, 15) is 4.79 Å². The van der Waals surface area contributed by atoms with E-state index in [2.05, 4.69) is 6.92 Å². The highest BCUT2D eigenvalue weighted by Gasteiger charge is 1.97. The quantitative estimate of drug-likeness (QED) is 0.668. The molecule has 0 aliphatic carbocycles. The zero-order valence-corrected chi connectivity index (χ0v) is 8.82. The van der Waals surface area contributed by atoms with Gasteiger partial charge in [-0.25, -0.2) is 0 Å². The van der Waals surface area contributed by atoms with Gasteiger partial charge in [0.15, 0.2) is 0 Å². The van der Waals surface area contributed by atoms with Crippen molar-refractivity contribution in [1.29, 1.82) is 0 Å². The predicted octanol–water partition coefficient (Wildman–Crippen LogP) is 1.58. The summed E-state index contributed by atoms with van der Waals surface area (Å²) in [5, 5.41) is 0. The number of hydrogen-bond donors (Lipinski definition) is 0. The molecule has 3 nitrogen and oxygen atoms in total. The molecule has 1 rings (SSSR count). The molecule has 0 saturated heterocycles. The van der Waals surface area contributed by atoms with Crippen LogP contribution in [0, 0.1) is 6.92 Å². The summed E-state index contributed by atoms with van der Waals surface area (Å²) in [4.78, 5) is 11.5. The number of aromatic nitrogens is 1. The Labute approximate surface area is 84.3 Å². The average Bonchev–Trinajstić information content (AvgIpc) is 2.19. The van der Waals surface area contributed by atoms with E-state index in [-0.39, 0.29) is 5.56 Å². The maximum atomic E-state index is 11.5. The standard InChI is InChI=1S/C11H17NO2/c1-3-8-14-9-7-12-6-4-5-10(2)11(12)13/h4-6H,3,7-9H2,1-2H3. The molecule has 0 fully saturated rings. The molecule has 1 aromatic rings. The Morgan fingerprint density at radius 2 is 2.21 bits per heavy atom. The van der Waals surface area contributed by atoms with E-state index in [1.807, 2.05) is 19.1 Å². The van der Waals surface area contributed by atoms with Crippen molar-refractivity contribution >= 4 is 0 Å². The van der Waals surface area contributed by atoms with E-state index in [0.717, 1.165) is 18.6 Å². The van der Waals surface area contributed by atoms with Crippen LogP contribution < -0.4 is 5.56 Å². The monoisotopic (exact) mass is 195 g/mol. The molecule has 0 N–H and O–H groups in total. The molecule has 0 amide bonds. The number of rotatable bonds is 5. The molecule has 0 radical (unpaired) electrons. The highest BCUT2D eigenvalue weighted by Crippen LogP contribution is 1.90. The third-order valence-corrected chi connectivity index (χ3v) is 2.04. The molecular weight excluding hydrogens is 178 g/mol. The fourth-order valence-corrected chi connectivity index (χ4v) is 1.24. The van der Waals surface area contributed by atoms with Crippen molar-refractivity contribution in [3.8, 4) is 0 Å². The van der Waals surface area contributed by atoms with Crippen LogP contribution in [0.3, 0.4) is 0 Å². The largest absolute Gasteiger partial charge is 0.380 e. The Balaban J connectivity index is 2.51. The molecule has 0 aromatic carbocycles. The number of hydrogen-bond acceptors (Lipinski definition) is 2. The second-order valence-electron chi connectivity index (χ2n) is 3.30. The summed E-state index contributed by atoms with van der Waals surface area (Å²) in [6.45, 7) is 5.91. The second-order valence-corrected chi connectivity index (χ2v) is 3.30. The molecule has 1 aromatic heterocycles. The fraction of sp³-hybridized carbons (Fsp3) is 0.545. The molecule has 0 atom stereocenters. The first-order chi connectivity index (χ1) is 6.75. The molecule has 0 aliphatic heterocycles. The van der Waals surface area contributed by atoms with Gasteiger partial charge in [-0.3, -0.25) is 4.79 Å². The van der Waals surface area contributed by atoms with Gasteiger partial charge in [0, 0.05) is 24.9 Å². The van der Waals surface area contributed by atoms with E-state index < -0.39 is 0 Å². The van der Waals surface area contributed by atoms with Gasteiger partial charge in [-0.1, -0.05) is 13.0 Å². The van der Waals surface area contributed by atoms with Crippen LogP contribution >= 0.6 is 0 Å². The number of aryl methyl sites for hydroxylation is 1. The summed E-state index contributed by atoms with van der Waals surface area (Å²) in [5.74, 6) is 0. The van der Waals surface area contributed by atoms with Crippen molar-refractivity contribution in [2.24, 2.45) is 0 Å². The van der Waals surface area contributed by atoms with Gasteiger partial charge >= 0.3 is 0 Å².